The first-order valence-corrected chi connectivity index (χ1v) is 8.57. The van der Waals surface area contributed by atoms with Crippen molar-refractivity contribution in [2.45, 2.75) is 44.9 Å². The maximum Gasteiger partial charge on any atom is 0.337 e. The molecule has 23 heavy (non-hydrogen) atoms. The van der Waals surface area contributed by atoms with E-state index in [2.05, 4.69) is 20.8 Å². The van der Waals surface area contributed by atoms with Gasteiger partial charge in [-0.15, -0.1) is 10.2 Å². The molecule has 2 heterocycles. The lowest BCUT2D eigenvalue weighted by atomic mass is 10.0. The van der Waals surface area contributed by atoms with Gasteiger partial charge in [0.15, 0.2) is 5.16 Å². The Balaban J connectivity index is 2.24. The van der Waals surface area contributed by atoms with Gasteiger partial charge in [0.25, 0.3) is 0 Å². The first-order valence-electron chi connectivity index (χ1n) is 7.58. The number of hydrogen-bond donors (Lipinski definition) is 2. The number of amides is 2. The van der Waals surface area contributed by atoms with Gasteiger partial charge in [-0.3, -0.25) is 0 Å². The van der Waals surface area contributed by atoms with Gasteiger partial charge >= 0.3 is 12.0 Å². The van der Waals surface area contributed by atoms with Crippen molar-refractivity contribution in [1.82, 2.24) is 25.4 Å². The van der Waals surface area contributed by atoms with E-state index in [1.807, 2.05) is 18.4 Å². The minimum atomic E-state index is -0.403. The van der Waals surface area contributed by atoms with E-state index < -0.39 is 5.97 Å². The van der Waals surface area contributed by atoms with Crippen LogP contribution in [0.25, 0.3) is 0 Å². The van der Waals surface area contributed by atoms with Gasteiger partial charge in [-0.1, -0.05) is 18.7 Å². The Bertz CT molecular complexity index is 613. The average Bonchev–Trinajstić information content (AvgIpc) is 2.99. The summed E-state index contributed by atoms with van der Waals surface area (Å²) in [6, 6.07) is -0.653. The van der Waals surface area contributed by atoms with Crippen LogP contribution in [0.1, 0.15) is 27.2 Å². The first-order chi connectivity index (χ1) is 11.1. The Morgan fingerprint density at radius 2 is 2.22 bits per heavy atom. The van der Waals surface area contributed by atoms with Crippen molar-refractivity contribution in [3.05, 3.63) is 17.6 Å². The fraction of sp³-hybridized carbons (Fsp3) is 0.571. The molecular formula is C14H21N5O3S. The lowest BCUT2D eigenvalue weighted by Gasteiger charge is -2.28. The molecular weight excluding hydrogens is 318 g/mol. The zero-order chi connectivity index (χ0) is 16.8. The molecule has 0 radical (unpaired) electrons. The summed E-state index contributed by atoms with van der Waals surface area (Å²) in [7, 11) is 0. The molecule has 0 fully saturated rings. The van der Waals surface area contributed by atoms with E-state index in [4.69, 9.17) is 4.74 Å². The van der Waals surface area contributed by atoms with Crippen LogP contribution in [0.15, 0.2) is 22.8 Å². The summed E-state index contributed by atoms with van der Waals surface area (Å²) >= 11 is 1.42. The van der Waals surface area contributed by atoms with Crippen LogP contribution < -0.4 is 10.6 Å². The van der Waals surface area contributed by atoms with Gasteiger partial charge in [0.1, 0.15) is 6.33 Å². The number of thioether (sulfide) groups is 1. The van der Waals surface area contributed by atoms with Crippen LogP contribution in [-0.4, -0.2) is 45.2 Å². The molecule has 0 bridgehead atoms. The van der Waals surface area contributed by atoms with Crippen LogP contribution in [-0.2, 0) is 16.1 Å². The number of ether oxygens (including phenoxy) is 1. The molecule has 2 N–H and O–H groups in total. The van der Waals surface area contributed by atoms with Gasteiger partial charge in [-0.05, 0) is 20.3 Å². The molecule has 0 saturated carbocycles. The molecule has 0 unspecified atom stereocenters. The zero-order valence-electron chi connectivity index (χ0n) is 13.5. The molecule has 8 nitrogen and oxygen atoms in total. The monoisotopic (exact) mass is 339 g/mol. The van der Waals surface area contributed by atoms with Crippen LogP contribution in [0, 0.1) is 0 Å². The number of esters is 1. The third-order valence-corrected chi connectivity index (χ3v) is 4.42. The molecule has 1 aromatic rings. The summed E-state index contributed by atoms with van der Waals surface area (Å²) in [4.78, 5) is 24.1. The summed E-state index contributed by atoms with van der Waals surface area (Å²) in [5, 5.41) is 14.1. The fourth-order valence-corrected chi connectivity index (χ4v) is 3.23. The summed E-state index contributed by atoms with van der Waals surface area (Å²) in [6.07, 6.45) is 2.26. The smallest absolute Gasteiger partial charge is 0.337 e. The number of nitrogens with one attached hydrogen (secondary N) is 2. The highest BCUT2D eigenvalue weighted by molar-refractivity contribution is 7.99. The van der Waals surface area contributed by atoms with Crippen LogP contribution in [0.4, 0.5) is 4.79 Å². The van der Waals surface area contributed by atoms with E-state index in [0.717, 1.165) is 11.7 Å². The second-order valence-corrected chi connectivity index (χ2v) is 5.80. The summed E-state index contributed by atoms with van der Waals surface area (Å²) in [5.41, 5.74) is 1.04. The first kappa shape index (κ1) is 17.3. The highest BCUT2D eigenvalue weighted by Crippen LogP contribution is 2.23. The Morgan fingerprint density at radius 3 is 2.87 bits per heavy atom. The van der Waals surface area contributed by atoms with E-state index >= 15 is 0 Å². The van der Waals surface area contributed by atoms with Gasteiger partial charge in [0.2, 0.25) is 0 Å². The Labute approximate surface area is 139 Å². The van der Waals surface area contributed by atoms with Crippen molar-refractivity contribution in [3.8, 4) is 0 Å². The number of urea groups is 1. The molecule has 126 valence electrons. The number of aryl methyl sites for hydroxylation is 1. The number of nitrogens with zero attached hydrogens (tertiary/aromatic N) is 3. The summed E-state index contributed by atoms with van der Waals surface area (Å²) < 4.78 is 7.03. The van der Waals surface area contributed by atoms with E-state index in [9.17, 15) is 9.59 Å². The molecule has 1 aromatic heterocycles. The maximum atomic E-state index is 12.3. The number of carbonyl (C=O) groups is 2. The molecule has 2 amide bonds. The predicted octanol–water partition coefficient (Wildman–Crippen LogP) is 1.30. The highest BCUT2D eigenvalue weighted by atomic mass is 32.2. The van der Waals surface area contributed by atoms with Crippen LogP contribution in [0.5, 0.6) is 0 Å². The maximum absolute atomic E-state index is 12.3. The molecule has 1 aliphatic rings. The van der Waals surface area contributed by atoms with Crippen molar-refractivity contribution < 1.29 is 14.3 Å². The molecule has 1 atom stereocenters. The zero-order valence-corrected chi connectivity index (χ0v) is 14.3. The molecule has 0 spiro atoms. The Kier molecular flexibility index (Phi) is 6.03. The van der Waals surface area contributed by atoms with E-state index in [1.54, 1.807) is 13.3 Å². The van der Waals surface area contributed by atoms with E-state index in [0.29, 0.717) is 23.4 Å². The summed E-state index contributed by atoms with van der Waals surface area (Å²) in [5.74, 6) is 0.0101. The topological polar surface area (TPSA) is 98.1 Å². The normalized spacial score (nSPS) is 17.7. The quantitative estimate of drug-likeness (QED) is 0.574. The summed E-state index contributed by atoms with van der Waals surface area (Å²) in [6.45, 7) is 6.71. The third-order valence-electron chi connectivity index (χ3n) is 3.41. The minimum absolute atomic E-state index is 0.289. The van der Waals surface area contributed by atoms with Crippen molar-refractivity contribution in [1.29, 1.82) is 0 Å². The molecule has 0 aliphatic carbocycles. The fourth-order valence-electron chi connectivity index (χ4n) is 2.29. The van der Waals surface area contributed by atoms with Gasteiger partial charge < -0.3 is 19.9 Å². The largest absolute Gasteiger partial charge is 0.463 e. The average molecular weight is 339 g/mol. The van der Waals surface area contributed by atoms with E-state index in [1.165, 1.54) is 11.8 Å². The van der Waals surface area contributed by atoms with E-state index in [-0.39, 0.29) is 18.7 Å². The Morgan fingerprint density at radius 1 is 1.43 bits per heavy atom. The second kappa shape index (κ2) is 8.00. The van der Waals surface area contributed by atoms with Gasteiger partial charge in [-0.25, -0.2) is 9.59 Å². The number of rotatable bonds is 7. The number of hydrogen-bond acceptors (Lipinski definition) is 6. The second-order valence-electron chi connectivity index (χ2n) is 4.86. The third kappa shape index (κ3) is 4.04. The number of carbonyl (C=O) groups excluding carboxylic acids is 2. The van der Waals surface area contributed by atoms with Gasteiger partial charge in [-0.2, -0.15) is 0 Å². The standard InChI is InChI=1S/C14H21N5O3S/c1-4-9-11(12(20)22-6-3)10(17-13(21)16-9)7-23-14-18-15-8-19(14)5-2/h8-9H,4-7H2,1-3H3,(H2,16,17,21)/t9-/m0/s1. The molecule has 9 heteroatoms. The van der Waals surface area contributed by atoms with Crippen molar-refractivity contribution in [3.63, 3.8) is 0 Å². The molecule has 1 aliphatic heterocycles. The lowest BCUT2D eigenvalue weighted by molar-refractivity contribution is -0.139. The molecule has 2 rings (SSSR count). The number of aromatic nitrogens is 3. The van der Waals surface area contributed by atoms with Crippen molar-refractivity contribution in [2.24, 2.45) is 0 Å². The van der Waals surface area contributed by atoms with Crippen molar-refractivity contribution in [2.75, 3.05) is 12.4 Å². The Hall–Kier alpha value is -2.03. The van der Waals surface area contributed by atoms with Crippen LogP contribution in [0.3, 0.4) is 0 Å². The molecule has 0 aromatic carbocycles. The van der Waals surface area contributed by atoms with Crippen LogP contribution >= 0.6 is 11.8 Å². The molecule has 0 saturated heterocycles. The van der Waals surface area contributed by atoms with Gasteiger partial charge in [0, 0.05) is 18.0 Å². The van der Waals surface area contributed by atoms with Crippen LogP contribution in [0.2, 0.25) is 0 Å². The highest BCUT2D eigenvalue weighted by Gasteiger charge is 2.31. The van der Waals surface area contributed by atoms with Crippen molar-refractivity contribution >= 4 is 23.8 Å². The van der Waals surface area contributed by atoms with Gasteiger partial charge in [0.05, 0.1) is 18.2 Å². The predicted molar refractivity (Wildman–Crippen MR) is 85.8 cm³/mol. The minimum Gasteiger partial charge on any atom is -0.463 e. The lowest BCUT2D eigenvalue weighted by Crippen LogP contribution is -2.50. The SMILES string of the molecule is CCOC(=O)C1=C(CSc2nncn2CC)NC(=O)N[C@H]1CC.